The van der Waals surface area contributed by atoms with Crippen molar-refractivity contribution in [1.82, 2.24) is 9.97 Å². The molecule has 0 bridgehead atoms. The second-order valence-electron chi connectivity index (χ2n) is 8.00. The number of hydrogen-bond donors (Lipinski definition) is 0. The van der Waals surface area contributed by atoms with E-state index in [1.165, 1.54) is 24.3 Å². The first-order valence-corrected chi connectivity index (χ1v) is 13.9. The van der Waals surface area contributed by atoms with Gasteiger partial charge < -0.3 is 0 Å². The molecule has 0 spiro atoms. The minimum atomic E-state index is -3.81. The average Bonchev–Trinajstić information content (AvgIpc) is 2.94. The SMILES string of the molecule is O=S(=O)(c1ccc(-c2ccncc2)cc1)c1ccc(S(=O)(=O)c2ccc(-c3ccncc3)cc2)cc1. The zero-order valence-electron chi connectivity index (χ0n) is 18.9. The Bertz CT molecular complexity index is 1570. The van der Waals surface area contributed by atoms with Crippen molar-refractivity contribution >= 4 is 19.7 Å². The number of pyridine rings is 2. The fourth-order valence-corrected chi connectivity index (χ4v) is 6.33. The Morgan fingerprint density at radius 1 is 0.333 bits per heavy atom. The lowest BCUT2D eigenvalue weighted by atomic mass is 10.1. The Morgan fingerprint density at radius 3 is 0.833 bits per heavy atom. The van der Waals surface area contributed by atoms with Crippen LogP contribution in [0.25, 0.3) is 22.3 Å². The van der Waals surface area contributed by atoms with E-state index in [1.807, 2.05) is 24.3 Å². The number of benzene rings is 3. The van der Waals surface area contributed by atoms with E-state index >= 15 is 0 Å². The number of hydrogen-bond acceptors (Lipinski definition) is 6. The molecule has 0 radical (unpaired) electrons. The smallest absolute Gasteiger partial charge is 0.206 e. The summed E-state index contributed by atoms with van der Waals surface area (Å²) in [6.07, 6.45) is 6.69. The van der Waals surface area contributed by atoms with Gasteiger partial charge in [0.2, 0.25) is 19.7 Å². The van der Waals surface area contributed by atoms with Gasteiger partial charge in [-0.3, -0.25) is 9.97 Å². The summed E-state index contributed by atoms with van der Waals surface area (Å²) in [5.74, 6) is 0. The highest BCUT2D eigenvalue weighted by molar-refractivity contribution is 7.92. The maximum atomic E-state index is 13.1. The number of sulfone groups is 2. The molecule has 0 saturated heterocycles. The molecule has 3 aromatic carbocycles. The second kappa shape index (κ2) is 9.49. The van der Waals surface area contributed by atoms with E-state index in [0.29, 0.717) is 0 Å². The van der Waals surface area contributed by atoms with Gasteiger partial charge in [-0.15, -0.1) is 0 Å². The molecule has 178 valence electrons. The summed E-state index contributed by atoms with van der Waals surface area (Å²) in [6, 6.07) is 25.8. The van der Waals surface area contributed by atoms with Gasteiger partial charge in [-0.05, 0) is 95.1 Å². The van der Waals surface area contributed by atoms with E-state index in [2.05, 4.69) is 9.97 Å². The summed E-state index contributed by atoms with van der Waals surface area (Å²) < 4.78 is 52.5. The monoisotopic (exact) mass is 512 g/mol. The molecule has 0 atom stereocenters. The maximum Gasteiger partial charge on any atom is 0.206 e. The molecule has 6 nitrogen and oxygen atoms in total. The molecule has 0 amide bonds. The molecule has 5 aromatic rings. The number of nitrogens with zero attached hydrogens (tertiary/aromatic N) is 2. The van der Waals surface area contributed by atoms with Crippen LogP contribution < -0.4 is 0 Å². The van der Waals surface area contributed by atoms with Gasteiger partial charge in [0.1, 0.15) is 0 Å². The Hall–Kier alpha value is -4.14. The standard InChI is InChI=1S/C28H20N2O4S2/c31-35(32,25-5-1-21(2-6-25)23-13-17-29-18-14-23)27-9-11-28(12-10-27)36(33,34)26-7-3-22(4-8-26)24-15-19-30-20-16-24/h1-20H. The van der Waals surface area contributed by atoms with Crippen LogP contribution in [0.3, 0.4) is 0 Å². The van der Waals surface area contributed by atoms with Crippen molar-refractivity contribution in [3.05, 3.63) is 122 Å². The maximum absolute atomic E-state index is 13.1. The third-order valence-corrected chi connectivity index (χ3v) is 9.37. The quantitative estimate of drug-likeness (QED) is 0.299. The molecule has 0 fully saturated rings. The summed E-state index contributed by atoms with van der Waals surface area (Å²) in [7, 11) is -7.63. The molecule has 0 unspecified atom stereocenters. The van der Waals surface area contributed by atoms with Crippen LogP contribution in [-0.4, -0.2) is 26.8 Å². The van der Waals surface area contributed by atoms with Crippen LogP contribution in [0, 0.1) is 0 Å². The second-order valence-corrected chi connectivity index (χ2v) is 11.9. The molecule has 0 saturated carbocycles. The Morgan fingerprint density at radius 2 is 0.556 bits per heavy atom. The van der Waals surface area contributed by atoms with Crippen molar-refractivity contribution in [2.45, 2.75) is 19.6 Å². The fourth-order valence-electron chi connectivity index (χ4n) is 3.81. The van der Waals surface area contributed by atoms with Crippen LogP contribution in [-0.2, 0) is 19.7 Å². The van der Waals surface area contributed by atoms with Gasteiger partial charge in [-0.25, -0.2) is 16.8 Å². The van der Waals surface area contributed by atoms with Crippen molar-refractivity contribution in [2.75, 3.05) is 0 Å². The lowest BCUT2D eigenvalue weighted by Crippen LogP contribution is -2.05. The third kappa shape index (κ3) is 4.56. The predicted octanol–water partition coefficient (Wildman–Crippen LogP) is 5.48. The van der Waals surface area contributed by atoms with Crippen LogP contribution in [0.1, 0.15) is 0 Å². The highest BCUT2D eigenvalue weighted by Crippen LogP contribution is 2.28. The van der Waals surface area contributed by atoms with Crippen LogP contribution in [0.5, 0.6) is 0 Å². The molecule has 36 heavy (non-hydrogen) atoms. The number of rotatable bonds is 6. The normalized spacial score (nSPS) is 11.8. The molecule has 0 aliphatic rings. The van der Waals surface area contributed by atoms with Crippen LogP contribution in [0.2, 0.25) is 0 Å². The fraction of sp³-hybridized carbons (Fsp3) is 0. The third-order valence-electron chi connectivity index (χ3n) is 5.80. The molecular formula is C28H20N2O4S2. The minimum absolute atomic E-state index is 0.0196. The average molecular weight is 513 g/mol. The van der Waals surface area contributed by atoms with E-state index in [4.69, 9.17) is 0 Å². The molecule has 0 aliphatic heterocycles. The van der Waals surface area contributed by atoms with Gasteiger partial charge in [0.05, 0.1) is 19.6 Å². The molecular weight excluding hydrogens is 492 g/mol. The highest BCUT2D eigenvalue weighted by Gasteiger charge is 2.21. The van der Waals surface area contributed by atoms with Crippen molar-refractivity contribution in [2.24, 2.45) is 0 Å². The van der Waals surface area contributed by atoms with Crippen LogP contribution in [0.15, 0.2) is 141 Å². The van der Waals surface area contributed by atoms with E-state index in [-0.39, 0.29) is 19.6 Å². The largest absolute Gasteiger partial charge is 0.265 e. The first-order valence-electron chi connectivity index (χ1n) is 11.0. The summed E-state index contributed by atoms with van der Waals surface area (Å²) in [5, 5.41) is 0. The van der Waals surface area contributed by atoms with Crippen molar-refractivity contribution in [1.29, 1.82) is 0 Å². The van der Waals surface area contributed by atoms with Gasteiger partial charge in [-0.2, -0.15) is 0 Å². The summed E-state index contributed by atoms with van der Waals surface area (Å²) in [4.78, 5) is 8.27. The van der Waals surface area contributed by atoms with Gasteiger partial charge >= 0.3 is 0 Å². The highest BCUT2D eigenvalue weighted by atomic mass is 32.2. The first-order chi connectivity index (χ1) is 17.4. The molecule has 0 N–H and O–H groups in total. The van der Waals surface area contributed by atoms with Crippen molar-refractivity contribution in [3.63, 3.8) is 0 Å². The summed E-state index contributed by atoms with van der Waals surface area (Å²) >= 11 is 0. The minimum Gasteiger partial charge on any atom is -0.265 e. The zero-order chi connectivity index (χ0) is 25.2. The molecule has 2 heterocycles. The lowest BCUT2D eigenvalue weighted by molar-refractivity contribution is 0.592. The van der Waals surface area contributed by atoms with Crippen molar-refractivity contribution in [3.8, 4) is 22.3 Å². The molecule has 0 aliphatic carbocycles. The first kappa shape index (κ1) is 23.6. The Balaban J connectivity index is 1.39. The van der Waals surface area contributed by atoms with E-state index < -0.39 is 19.7 Å². The summed E-state index contributed by atoms with van der Waals surface area (Å²) in [5.41, 5.74) is 3.59. The zero-order valence-corrected chi connectivity index (χ0v) is 20.5. The van der Waals surface area contributed by atoms with Crippen LogP contribution >= 0.6 is 0 Å². The van der Waals surface area contributed by atoms with Crippen molar-refractivity contribution < 1.29 is 16.8 Å². The Kier molecular flexibility index (Phi) is 6.22. The summed E-state index contributed by atoms with van der Waals surface area (Å²) in [6.45, 7) is 0. The molecule has 8 heteroatoms. The van der Waals surface area contributed by atoms with Gasteiger partial charge in [0.25, 0.3) is 0 Å². The van der Waals surface area contributed by atoms with Gasteiger partial charge in [-0.1, -0.05) is 24.3 Å². The predicted molar refractivity (Wildman–Crippen MR) is 137 cm³/mol. The van der Waals surface area contributed by atoms with E-state index in [0.717, 1.165) is 22.3 Å². The van der Waals surface area contributed by atoms with Crippen LogP contribution in [0.4, 0.5) is 0 Å². The molecule has 5 rings (SSSR count). The van der Waals surface area contributed by atoms with E-state index in [1.54, 1.807) is 73.3 Å². The lowest BCUT2D eigenvalue weighted by Gasteiger charge is -2.09. The topological polar surface area (TPSA) is 94.1 Å². The van der Waals surface area contributed by atoms with Gasteiger partial charge in [0, 0.05) is 24.8 Å². The Labute approximate surface area is 209 Å². The number of aromatic nitrogens is 2. The van der Waals surface area contributed by atoms with Gasteiger partial charge in [0.15, 0.2) is 0 Å². The van der Waals surface area contributed by atoms with E-state index in [9.17, 15) is 16.8 Å². The molecule has 2 aromatic heterocycles.